The molecule has 0 bridgehead atoms. The van der Waals surface area contributed by atoms with Gasteiger partial charge < -0.3 is 15.8 Å². The molecular formula is C23H33Cl2N3O2. The molecule has 3 N–H and O–H groups in total. The van der Waals surface area contributed by atoms with Crippen LogP contribution in [0.25, 0.3) is 11.1 Å². The zero-order valence-electron chi connectivity index (χ0n) is 18.2. The van der Waals surface area contributed by atoms with Crippen LogP contribution in [0.1, 0.15) is 42.6 Å². The van der Waals surface area contributed by atoms with E-state index in [1.807, 2.05) is 27.0 Å². The normalized spacial score (nSPS) is 20.6. The molecule has 2 aromatic rings. The highest BCUT2D eigenvalue weighted by atomic mass is 35.5. The number of aromatic nitrogens is 1. The molecule has 1 saturated carbocycles. The predicted molar refractivity (Wildman–Crippen MR) is 127 cm³/mol. The number of rotatable bonds is 6. The third-order valence-corrected chi connectivity index (χ3v) is 6.10. The fourth-order valence-corrected chi connectivity index (χ4v) is 4.43. The summed E-state index contributed by atoms with van der Waals surface area (Å²) in [5.74, 6) is 0.604. The number of aryl methyl sites for hydroxylation is 2. The summed E-state index contributed by atoms with van der Waals surface area (Å²) in [7, 11) is 3.65. The number of carbonyl (C=O) groups is 1. The second-order valence-electron chi connectivity index (χ2n) is 8.05. The Hall–Kier alpha value is -1.82. The number of ether oxygens (including phenoxy) is 1. The van der Waals surface area contributed by atoms with Crippen LogP contribution in [-0.4, -0.2) is 31.1 Å². The Morgan fingerprint density at radius 2 is 1.73 bits per heavy atom. The van der Waals surface area contributed by atoms with E-state index in [-0.39, 0.29) is 30.7 Å². The van der Waals surface area contributed by atoms with Crippen molar-refractivity contribution in [1.82, 2.24) is 10.3 Å². The van der Waals surface area contributed by atoms with Crippen molar-refractivity contribution in [1.29, 1.82) is 0 Å². The first-order valence-corrected chi connectivity index (χ1v) is 9.96. The number of nitrogens with zero attached hydrogens (tertiary/aromatic N) is 1. The van der Waals surface area contributed by atoms with E-state index < -0.39 is 5.41 Å². The van der Waals surface area contributed by atoms with Crippen LogP contribution in [0.15, 0.2) is 30.3 Å². The van der Waals surface area contributed by atoms with Gasteiger partial charge in [-0.15, -0.1) is 24.8 Å². The maximum absolute atomic E-state index is 12.5. The minimum Gasteiger partial charge on any atom is -0.496 e. The van der Waals surface area contributed by atoms with Gasteiger partial charge in [0.15, 0.2) is 0 Å². The molecule has 0 aliphatic heterocycles. The van der Waals surface area contributed by atoms with Crippen LogP contribution in [0.5, 0.6) is 5.75 Å². The summed E-state index contributed by atoms with van der Waals surface area (Å²) < 4.78 is 5.62. The number of nitrogens with one attached hydrogen (secondary N) is 1. The summed E-state index contributed by atoms with van der Waals surface area (Å²) in [6.45, 7) is 4.01. The van der Waals surface area contributed by atoms with Crippen molar-refractivity contribution in [3.8, 4) is 16.9 Å². The number of hydrogen-bond donors (Lipinski definition) is 2. The molecule has 0 atom stereocenters. The summed E-state index contributed by atoms with van der Waals surface area (Å²) in [6.07, 6.45) is 4.14. The van der Waals surface area contributed by atoms with Crippen LogP contribution in [0.3, 0.4) is 0 Å². The molecule has 1 fully saturated rings. The number of nitrogens with two attached hydrogens (primary N) is 1. The summed E-state index contributed by atoms with van der Waals surface area (Å²) >= 11 is 0. The second-order valence-corrected chi connectivity index (χ2v) is 8.05. The highest BCUT2D eigenvalue weighted by Gasteiger charge is 2.40. The SMILES string of the molecule is CNC1CCC(Cc2cc(-c3cc(C)nc(C)c3)ccc2OC)(C(N)=O)CC1.Cl.Cl. The number of primary amides is 1. The molecule has 0 radical (unpaired) electrons. The molecule has 0 spiro atoms. The summed E-state index contributed by atoms with van der Waals surface area (Å²) in [4.78, 5) is 16.9. The van der Waals surface area contributed by atoms with Gasteiger partial charge in [-0.1, -0.05) is 6.07 Å². The zero-order valence-corrected chi connectivity index (χ0v) is 19.8. The highest BCUT2D eigenvalue weighted by Crippen LogP contribution is 2.41. The van der Waals surface area contributed by atoms with Crippen molar-refractivity contribution in [3.63, 3.8) is 0 Å². The quantitative estimate of drug-likeness (QED) is 0.679. The largest absolute Gasteiger partial charge is 0.496 e. The average Bonchev–Trinajstić information content (AvgIpc) is 2.67. The third-order valence-electron chi connectivity index (χ3n) is 6.10. The minimum absolute atomic E-state index is 0. The molecular weight excluding hydrogens is 421 g/mol. The molecule has 1 aliphatic carbocycles. The van der Waals surface area contributed by atoms with Gasteiger partial charge in [0.1, 0.15) is 5.75 Å². The van der Waals surface area contributed by atoms with Crippen LogP contribution in [-0.2, 0) is 11.2 Å². The van der Waals surface area contributed by atoms with Gasteiger partial charge >= 0.3 is 0 Å². The van der Waals surface area contributed by atoms with Crippen LogP contribution in [0.4, 0.5) is 0 Å². The molecule has 1 amide bonds. The van der Waals surface area contributed by atoms with E-state index in [1.165, 1.54) is 0 Å². The Labute approximate surface area is 192 Å². The van der Waals surface area contributed by atoms with Gasteiger partial charge in [0.05, 0.1) is 12.5 Å². The topological polar surface area (TPSA) is 77.2 Å². The number of methoxy groups -OCH3 is 1. The van der Waals surface area contributed by atoms with Gasteiger partial charge in [-0.3, -0.25) is 9.78 Å². The predicted octanol–water partition coefficient (Wildman–Crippen LogP) is 4.39. The summed E-state index contributed by atoms with van der Waals surface area (Å²) in [6, 6.07) is 10.8. The lowest BCUT2D eigenvalue weighted by atomic mass is 9.68. The van der Waals surface area contributed by atoms with Crippen molar-refractivity contribution in [2.45, 2.75) is 52.0 Å². The van der Waals surface area contributed by atoms with Crippen LogP contribution in [0.2, 0.25) is 0 Å². The van der Waals surface area contributed by atoms with Crippen molar-refractivity contribution < 1.29 is 9.53 Å². The molecule has 1 aromatic carbocycles. The van der Waals surface area contributed by atoms with Gasteiger partial charge in [0.2, 0.25) is 5.91 Å². The second kappa shape index (κ2) is 11.0. The fourth-order valence-electron chi connectivity index (χ4n) is 4.43. The molecule has 30 heavy (non-hydrogen) atoms. The van der Waals surface area contributed by atoms with E-state index in [0.29, 0.717) is 12.5 Å². The van der Waals surface area contributed by atoms with E-state index in [9.17, 15) is 4.79 Å². The Morgan fingerprint density at radius 3 is 2.23 bits per heavy atom. The standard InChI is InChI=1S/C23H31N3O2.2ClH/c1-15-11-18(12-16(2)26-15)17-5-6-21(28-4)19(13-17)14-23(22(24)27)9-7-20(25-3)8-10-23;;/h5-6,11-13,20,25H,7-10,14H2,1-4H3,(H2,24,27);2*1H. The molecule has 3 rings (SSSR count). The minimum atomic E-state index is -0.511. The third kappa shape index (κ3) is 5.65. The lowest BCUT2D eigenvalue weighted by Gasteiger charge is -2.38. The van der Waals surface area contributed by atoms with E-state index in [1.54, 1.807) is 7.11 Å². The van der Waals surface area contributed by atoms with Crippen molar-refractivity contribution in [2.75, 3.05) is 14.2 Å². The average molecular weight is 454 g/mol. The molecule has 166 valence electrons. The molecule has 5 nitrogen and oxygen atoms in total. The van der Waals surface area contributed by atoms with Gasteiger partial charge in [0, 0.05) is 17.4 Å². The number of pyridine rings is 1. The van der Waals surface area contributed by atoms with E-state index in [4.69, 9.17) is 10.5 Å². The zero-order chi connectivity index (χ0) is 20.3. The van der Waals surface area contributed by atoms with Gasteiger partial charge in [-0.05, 0) is 94.0 Å². The number of hydrogen-bond acceptors (Lipinski definition) is 4. The number of benzene rings is 1. The number of halogens is 2. The Balaban J connectivity index is 0.00000225. The molecule has 0 saturated heterocycles. The maximum Gasteiger partial charge on any atom is 0.223 e. The van der Waals surface area contributed by atoms with E-state index >= 15 is 0 Å². The lowest BCUT2D eigenvalue weighted by molar-refractivity contribution is -0.129. The molecule has 1 heterocycles. The first kappa shape index (κ1) is 26.2. The molecule has 7 heteroatoms. The van der Waals surface area contributed by atoms with Crippen LogP contribution < -0.4 is 15.8 Å². The number of carbonyl (C=O) groups excluding carboxylic acids is 1. The van der Waals surface area contributed by atoms with E-state index in [0.717, 1.165) is 59.5 Å². The highest BCUT2D eigenvalue weighted by molar-refractivity contribution is 5.85. The molecule has 1 aliphatic rings. The molecule has 0 unspecified atom stereocenters. The Kier molecular flexibility index (Phi) is 9.60. The molecule has 1 aromatic heterocycles. The number of amides is 1. The fraction of sp³-hybridized carbons (Fsp3) is 0.478. The Morgan fingerprint density at radius 1 is 1.13 bits per heavy atom. The van der Waals surface area contributed by atoms with E-state index in [2.05, 4.69) is 34.6 Å². The summed E-state index contributed by atoms with van der Waals surface area (Å²) in [5, 5.41) is 3.33. The Bertz CT molecular complexity index is 845. The lowest BCUT2D eigenvalue weighted by Crippen LogP contribution is -2.45. The first-order valence-electron chi connectivity index (χ1n) is 9.96. The van der Waals surface area contributed by atoms with Gasteiger partial charge in [0.25, 0.3) is 0 Å². The van der Waals surface area contributed by atoms with Gasteiger partial charge in [-0.25, -0.2) is 0 Å². The maximum atomic E-state index is 12.5. The first-order chi connectivity index (χ1) is 13.4. The van der Waals surface area contributed by atoms with Crippen molar-refractivity contribution in [2.24, 2.45) is 11.1 Å². The van der Waals surface area contributed by atoms with Crippen LogP contribution >= 0.6 is 24.8 Å². The monoisotopic (exact) mass is 453 g/mol. The summed E-state index contributed by atoms with van der Waals surface area (Å²) in [5.41, 5.74) is 10.6. The van der Waals surface area contributed by atoms with Crippen LogP contribution in [0, 0.1) is 19.3 Å². The van der Waals surface area contributed by atoms with Crippen molar-refractivity contribution in [3.05, 3.63) is 47.3 Å². The van der Waals surface area contributed by atoms with Crippen molar-refractivity contribution >= 4 is 30.7 Å². The smallest absolute Gasteiger partial charge is 0.223 e. The van der Waals surface area contributed by atoms with Gasteiger partial charge in [-0.2, -0.15) is 0 Å².